The Labute approximate surface area is 121 Å². The molecule has 0 spiro atoms. The number of hydrogen-bond donors (Lipinski definition) is 1. The first-order chi connectivity index (χ1) is 9.15. The van der Waals surface area contributed by atoms with Crippen LogP contribution >= 0.6 is 15.9 Å². The fraction of sp³-hybridized carbons (Fsp3) is 0.500. The molecule has 0 aromatic heterocycles. The summed E-state index contributed by atoms with van der Waals surface area (Å²) in [4.78, 5) is 13.4. The molecule has 1 aromatic carbocycles. The lowest BCUT2D eigenvalue weighted by molar-refractivity contribution is -0.910. The van der Waals surface area contributed by atoms with Gasteiger partial charge in [-0.25, -0.2) is 4.79 Å². The summed E-state index contributed by atoms with van der Waals surface area (Å²) in [5.41, 5.74) is 0.582. The minimum absolute atomic E-state index is 0.0837. The van der Waals surface area contributed by atoms with E-state index in [1.54, 1.807) is 12.1 Å². The van der Waals surface area contributed by atoms with E-state index in [0.717, 1.165) is 37.3 Å². The number of benzene rings is 1. The summed E-state index contributed by atoms with van der Waals surface area (Å²) in [6.45, 7) is 6.34. The molecule has 104 valence electrons. The Hall–Kier alpha value is -0.910. The van der Waals surface area contributed by atoms with Crippen molar-refractivity contribution in [1.29, 1.82) is 0 Å². The number of carbonyl (C=O) groups is 1. The number of quaternary nitrogens is 1. The second-order valence-electron chi connectivity index (χ2n) is 4.79. The Morgan fingerprint density at radius 3 is 2.89 bits per heavy atom. The monoisotopic (exact) mass is 328 g/mol. The molecule has 0 radical (unpaired) electrons. The van der Waals surface area contributed by atoms with E-state index in [1.807, 2.05) is 19.1 Å². The zero-order valence-electron chi connectivity index (χ0n) is 11.0. The Morgan fingerprint density at radius 2 is 2.21 bits per heavy atom. The Balaban J connectivity index is 1.84. The minimum Gasteiger partial charge on any atom is -0.453 e. The van der Waals surface area contributed by atoms with E-state index in [9.17, 15) is 4.79 Å². The number of morpholine rings is 1. The average Bonchev–Trinajstić information content (AvgIpc) is 2.39. The standard InChI is InChI=1S/C14H18BrNO3/c1-11(10-16-5-7-18-8-6-16)19-14(17)12-3-2-4-13(15)9-12/h2-4,9,11H,5-8,10H2,1H3/p+1. The lowest BCUT2D eigenvalue weighted by atomic mass is 10.2. The van der Waals surface area contributed by atoms with Crippen LogP contribution in [0.25, 0.3) is 0 Å². The highest BCUT2D eigenvalue weighted by Gasteiger charge is 2.20. The molecule has 5 heteroatoms. The third-order valence-corrected chi connectivity index (χ3v) is 3.64. The molecule has 0 bridgehead atoms. The molecule has 4 nitrogen and oxygen atoms in total. The fourth-order valence-corrected chi connectivity index (χ4v) is 2.58. The van der Waals surface area contributed by atoms with Crippen LogP contribution in [0.4, 0.5) is 0 Å². The van der Waals surface area contributed by atoms with Crippen LogP contribution in [0.1, 0.15) is 17.3 Å². The van der Waals surface area contributed by atoms with E-state index in [1.165, 1.54) is 4.90 Å². The van der Waals surface area contributed by atoms with Crippen molar-refractivity contribution < 1.29 is 19.2 Å². The molecule has 1 aromatic rings. The van der Waals surface area contributed by atoms with Crippen molar-refractivity contribution in [3.63, 3.8) is 0 Å². The number of rotatable bonds is 4. The molecule has 1 heterocycles. The van der Waals surface area contributed by atoms with Crippen molar-refractivity contribution in [2.75, 3.05) is 32.8 Å². The maximum absolute atomic E-state index is 12.0. The maximum atomic E-state index is 12.0. The average molecular weight is 329 g/mol. The molecule has 1 aliphatic heterocycles. The van der Waals surface area contributed by atoms with Gasteiger partial charge in [-0.15, -0.1) is 0 Å². The second-order valence-corrected chi connectivity index (χ2v) is 5.71. The van der Waals surface area contributed by atoms with Crippen molar-refractivity contribution in [1.82, 2.24) is 0 Å². The molecule has 1 saturated heterocycles. The van der Waals surface area contributed by atoms with Crippen molar-refractivity contribution in [2.24, 2.45) is 0 Å². The molecule has 1 N–H and O–H groups in total. The van der Waals surface area contributed by atoms with Crippen molar-refractivity contribution in [3.05, 3.63) is 34.3 Å². The van der Waals surface area contributed by atoms with Crippen LogP contribution in [0.2, 0.25) is 0 Å². The molecule has 1 atom stereocenters. The number of ether oxygens (including phenoxy) is 2. The van der Waals surface area contributed by atoms with Crippen LogP contribution in [0.5, 0.6) is 0 Å². The summed E-state index contributed by atoms with van der Waals surface area (Å²) in [7, 11) is 0. The number of esters is 1. The molecule has 1 fully saturated rings. The topological polar surface area (TPSA) is 40.0 Å². The number of hydrogen-bond acceptors (Lipinski definition) is 3. The Morgan fingerprint density at radius 1 is 1.47 bits per heavy atom. The Kier molecular flexibility index (Phi) is 5.36. The van der Waals surface area contributed by atoms with E-state index >= 15 is 0 Å². The Bertz CT molecular complexity index is 432. The molecule has 2 rings (SSSR count). The molecule has 0 saturated carbocycles. The van der Waals surface area contributed by atoms with Gasteiger partial charge >= 0.3 is 5.97 Å². The smallest absolute Gasteiger partial charge is 0.338 e. The van der Waals surface area contributed by atoms with Crippen LogP contribution in [-0.4, -0.2) is 44.9 Å². The second kappa shape index (κ2) is 7.03. The molecule has 0 aliphatic carbocycles. The lowest BCUT2D eigenvalue weighted by Gasteiger charge is -2.26. The molecule has 0 amide bonds. The van der Waals surface area contributed by atoms with E-state index in [0.29, 0.717) is 5.56 Å². The first kappa shape index (κ1) is 14.5. The molecule has 19 heavy (non-hydrogen) atoms. The molecular formula is C14H19BrNO3+. The van der Waals surface area contributed by atoms with Gasteiger partial charge in [-0.3, -0.25) is 0 Å². The zero-order valence-corrected chi connectivity index (χ0v) is 12.6. The normalized spacial score (nSPS) is 18.0. The highest BCUT2D eigenvalue weighted by Crippen LogP contribution is 2.12. The van der Waals surface area contributed by atoms with Gasteiger partial charge in [-0.2, -0.15) is 0 Å². The summed E-state index contributed by atoms with van der Waals surface area (Å²) < 4.78 is 11.7. The van der Waals surface area contributed by atoms with Crippen LogP contribution in [-0.2, 0) is 9.47 Å². The number of halogens is 1. The minimum atomic E-state index is -0.263. The number of nitrogens with one attached hydrogen (secondary N) is 1. The fourth-order valence-electron chi connectivity index (χ4n) is 2.18. The van der Waals surface area contributed by atoms with Gasteiger partial charge in [0.2, 0.25) is 0 Å². The van der Waals surface area contributed by atoms with Gasteiger partial charge in [0, 0.05) is 4.47 Å². The van der Waals surface area contributed by atoms with E-state index in [-0.39, 0.29) is 12.1 Å². The zero-order chi connectivity index (χ0) is 13.7. The van der Waals surface area contributed by atoms with Gasteiger partial charge in [0.15, 0.2) is 0 Å². The lowest BCUT2D eigenvalue weighted by Crippen LogP contribution is -3.15. The maximum Gasteiger partial charge on any atom is 0.338 e. The van der Waals surface area contributed by atoms with Crippen molar-refractivity contribution in [2.45, 2.75) is 13.0 Å². The quantitative estimate of drug-likeness (QED) is 0.835. The predicted octanol–water partition coefficient (Wildman–Crippen LogP) is 0.910. The van der Waals surface area contributed by atoms with E-state index in [2.05, 4.69) is 15.9 Å². The SMILES string of the molecule is CC(C[NH+]1CCOCC1)OC(=O)c1cccc(Br)c1. The van der Waals surface area contributed by atoms with Crippen LogP contribution in [0, 0.1) is 0 Å². The van der Waals surface area contributed by atoms with Gasteiger partial charge in [-0.1, -0.05) is 22.0 Å². The highest BCUT2D eigenvalue weighted by molar-refractivity contribution is 9.10. The van der Waals surface area contributed by atoms with Crippen LogP contribution in [0.15, 0.2) is 28.7 Å². The van der Waals surface area contributed by atoms with Crippen molar-refractivity contribution >= 4 is 21.9 Å². The van der Waals surface area contributed by atoms with E-state index in [4.69, 9.17) is 9.47 Å². The van der Waals surface area contributed by atoms with Gasteiger partial charge in [0.1, 0.15) is 25.7 Å². The van der Waals surface area contributed by atoms with Crippen LogP contribution in [0.3, 0.4) is 0 Å². The predicted molar refractivity (Wildman–Crippen MR) is 75.4 cm³/mol. The number of carbonyl (C=O) groups excluding carboxylic acids is 1. The third-order valence-electron chi connectivity index (χ3n) is 3.14. The molecule has 1 aliphatic rings. The molecule has 1 unspecified atom stereocenters. The van der Waals surface area contributed by atoms with Gasteiger partial charge in [0.05, 0.1) is 18.8 Å². The van der Waals surface area contributed by atoms with E-state index < -0.39 is 0 Å². The summed E-state index contributed by atoms with van der Waals surface area (Å²) in [6, 6.07) is 7.26. The third kappa shape index (κ3) is 4.60. The van der Waals surface area contributed by atoms with Gasteiger partial charge in [-0.05, 0) is 25.1 Å². The molecular weight excluding hydrogens is 310 g/mol. The van der Waals surface area contributed by atoms with Crippen LogP contribution < -0.4 is 4.90 Å². The first-order valence-electron chi connectivity index (χ1n) is 6.53. The van der Waals surface area contributed by atoms with Crippen molar-refractivity contribution in [3.8, 4) is 0 Å². The summed E-state index contributed by atoms with van der Waals surface area (Å²) in [5.74, 6) is -0.263. The summed E-state index contributed by atoms with van der Waals surface area (Å²) in [5, 5.41) is 0. The largest absolute Gasteiger partial charge is 0.453 e. The summed E-state index contributed by atoms with van der Waals surface area (Å²) >= 11 is 3.35. The highest BCUT2D eigenvalue weighted by atomic mass is 79.9. The first-order valence-corrected chi connectivity index (χ1v) is 7.32. The van der Waals surface area contributed by atoms with Gasteiger partial charge < -0.3 is 14.4 Å². The van der Waals surface area contributed by atoms with Gasteiger partial charge in [0.25, 0.3) is 0 Å². The summed E-state index contributed by atoms with van der Waals surface area (Å²) in [6.07, 6.45) is -0.0837.